The predicted molar refractivity (Wildman–Crippen MR) is 79.2 cm³/mol. The van der Waals surface area contributed by atoms with Crippen molar-refractivity contribution >= 4 is 27.6 Å². The van der Waals surface area contributed by atoms with Gasteiger partial charge < -0.3 is 15.0 Å². The first-order valence-electron chi connectivity index (χ1n) is 6.30. The van der Waals surface area contributed by atoms with Crippen molar-refractivity contribution in [3.05, 3.63) is 28.7 Å². The fraction of sp³-hybridized carbons (Fsp3) is 0.500. The predicted octanol–water partition coefficient (Wildman–Crippen LogP) is 2.50. The van der Waals surface area contributed by atoms with Crippen LogP contribution in [-0.2, 0) is 9.53 Å². The van der Waals surface area contributed by atoms with Gasteiger partial charge in [-0.15, -0.1) is 0 Å². The van der Waals surface area contributed by atoms with Crippen LogP contribution in [0.15, 0.2) is 28.7 Å². The maximum absolute atomic E-state index is 12.2. The molecule has 0 amide bonds. The third kappa shape index (κ3) is 2.77. The van der Waals surface area contributed by atoms with Gasteiger partial charge in [0, 0.05) is 22.7 Å². The minimum Gasteiger partial charge on any atom is -0.467 e. The monoisotopic (exact) mass is 326 g/mol. The average molecular weight is 327 g/mol. The molecule has 19 heavy (non-hydrogen) atoms. The highest BCUT2D eigenvalue weighted by atomic mass is 79.9. The molecule has 1 aromatic rings. The van der Waals surface area contributed by atoms with Crippen molar-refractivity contribution in [1.29, 1.82) is 0 Å². The SMILES string of the molecule is COC(=O)C1(Nc2ccccc2Br)CC(C)N(C)C1. The quantitative estimate of drug-likeness (QED) is 0.866. The van der Waals surface area contributed by atoms with Crippen molar-refractivity contribution in [2.75, 3.05) is 26.0 Å². The highest BCUT2D eigenvalue weighted by Gasteiger charge is 2.48. The largest absolute Gasteiger partial charge is 0.467 e. The smallest absolute Gasteiger partial charge is 0.332 e. The van der Waals surface area contributed by atoms with E-state index < -0.39 is 5.54 Å². The van der Waals surface area contributed by atoms with E-state index in [0.717, 1.165) is 16.6 Å². The average Bonchev–Trinajstić information content (AvgIpc) is 2.68. The molecule has 0 saturated carbocycles. The molecule has 1 aliphatic rings. The lowest BCUT2D eigenvalue weighted by Crippen LogP contribution is -2.49. The second-order valence-corrected chi connectivity index (χ2v) is 6.00. The minimum absolute atomic E-state index is 0.209. The zero-order chi connectivity index (χ0) is 14.0. The zero-order valence-corrected chi connectivity index (χ0v) is 13.0. The van der Waals surface area contributed by atoms with Gasteiger partial charge in [0.15, 0.2) is 0 Å². The van der Waals surface area contributed by atoms with Crippen molar-refractivity contribution in [1.82, 2.24) is 4.90 Å². The van der Waals surface area contributed by atoms with Crippen LogP contribution in [0.1, 0.15) is 13.3 Å². The summed E-state index contributed by atoms with van der Waals surface area (Å²) in [5.41, 5.74) is 0.239. The summed E-state index contributed by atoms with van der Waals surface area (Å²) in [6.07, 6.45) is 0.734. The van der Waals surface area contributed by atoms with Crippen molar-refractivity contribution in [2.24, 2.45) is 0 Å². The Hall–Kier alpha value is -1.07. The first-order valence-corrected chi connectivity index (χ1v) is 7.09. The molecule has 2 rings (SSSR count). The summed E-state index contributed by atoms with van der Waals surface area (Å²) in [6.45, 7) is 2.76. The van der Waals surface area contributed by atoms with E-state index in [9.17, 15) is 4.79 Å². The van der Waals surface area contributed by atoms with Crippen LogP contribution >= 0.6 is 15.9 Å². The molecule has 1 aromatic carbocycles. The van der Waals surface area contributed by atoms with Crippen molar-refractivity contribution in [2.45, 2.75) is 24.9 Å². The molecule has 0 radical (unpaired) electrons. The van der Waals surface area contributed by atoms with Crippen LogP contribution in [-0.4, -0.2) is 43.2 Å². The van der Waals surface area contributed by atoms with E-state index in [4.69, 9.17) is 4.74 Å². The molecule has 1 aliphatic heterocycles. The van der Waals surface area contributed by atoms with Crippen LogP contribution in [0.2, 0.25) is 0 Å². The topological polar surface area (TPSA) is 41.6 Å². The second-order valence-electron chi connectivity index (χ2n) is 5.15. The number of hydrogen-bond donors (Lipinski definition) is 1. The number of carbonyl (C=O) groups excluding carboxylic acids is 1. The van der Waals surface area contributed by atoms with E-state index in [0.29, 0.717) is 12.6 Å². The number of methoxy groups -OCH3 is 1. The Labute approximate surface area is 122 Å². The molecule has 1 N–H and O–H groups in total. The van der Waals surface area contributed by atoms with Crippen LogP contribution in [0.4, 0.5) is 5.69 Å². The van der Waals surface area contributed by atoms with E-state index in [1.165, 1.54) is 7.11 Å². The standard InChI is InChI=1S/C14H19BrN2O2/c1-10-8-14(9-17(10)2,13(18)19-3)16-12-7-5-4-6-11(12)15/h4-7,10,16H,8-9H2,1-3H3. The number of likely N-dealkylation sites (N-methyl/N-ethyl adjacent to an activating group) is 1. The number of ether oxygens (including phenoxy) is 1. The summed E-state index contributed by atoms with van der Waals surface area (Å²) < 4.78 is 5.95. The number of hydrogen-bond acceptors (Lipinski definition) is 4. The second kappa shape index (κ2) is 5.51. The Bertz CT molecular complexity index is 468. The van der Waals surface area contributed by atoms with E-state index in [1.807, 2.05) is 31.3 Å². The van der Waals surface area contributed by atoms with E-state index in [-0.39, 0.29) is 5.97 Å². The minimum atomic E-state index is -0.674. The molecule has 1 fully saturated rings. The first-order chi connectivity index (χ1) is 8.98. The molecule has 4 nitrogen and oxygen atoms in total. The van der Waals surface area contributed by atoms with Gasteiger partial charge in [-0.1, -0.05) is 12.1 Å². The number of likely N-dealkylation sites (tertiary alicyclic amines) is 1. The Balaban J connectivity index is 2.30. The van der Waals surface area contributed by atoms with E-state index in [1.54, 1.807) is 0 Å². The van der Waals surface area contributed by atoms with Gasteiger partial charge in [0.1, 0.15) is 5.54 Å². The Morgan fingerprint density at radius 3 is 2.74 bits per heavy atom. The third-order valence-corrected chi connectivity index (χ3v) is 4.43. The molecule has 2 unspecified atom stereocenters. The van der Waals surface area contributed by atoms with Gasteiger partial charge >= 0.3 is 5.97 Å². The van der Waals surface area contributed by atoms with Crippen LogP contribution in [0.5, 0.6) is 0 Å². The first kappa shape index (κ1) is 14.3. The molecule has 2 atom stereocenters. The van der Waals surface area contributed by atoms with Gasteiger partial charge in [-0.3, -0.25) is 0 Å². The molecule has 0 bridgehead atoms. The van der Waals surface area contributed by atoms with Crippen LogP contribution in [0.25, 0.3) is 0 Å². The lowest BCUT2D eigenvalue weighted by molar-refractivity contribution is -0.145. The summed E-state index contributed by atoms with van der Waals surface area (Å²) in [6, 6.07) is 8.14. The third-order valence-electron chi connectivity index (χ3n) is 3.74. The van der Waals surface area contributed by atoms with Gasteiger partial charge in [0.05, 0.1) is 7.11 Å². The van der Waals surface area contributed by atoms with Gasteiger partial charge in [0.2, 0.25) is 0 Å². The lowest BCUT2D eigenvalue weighted by Gasteiger charge is -2.29. The maximum atomic E-state index is 12.2. The molecule has 1 heterocycles. The van der Waals surface area contributed by atoms with Crippen molar-refractivity contribution in [3.63, 3.8) is 0 Å². The van der Waals surface area contributed by atoms with Gasteiger partial charge in [0.25, 0.3) is 0 Å². The summed E-state index contributed by atoms with van der Waals surface area (Å²) in [5, 5.41) is 3.37. The summed E-state index contributed by atoms with van der Waals surface area (Å²) >= 11 is 3.50. The molecule has 0 aromatic heterocycles. The zero-order valence-electron chi connectivity index (χ0n) is 11.4. The number of rotatable bonds is 3. The molecule has 0 spiro atoms. The van der Waals surface area contributed by atoms with Crippen molar-refractivity contribution < 1.29 is 9.53 Å². The number of nitrogens with one attached hydrogen (secondary N) is 1. The Morgan fingerprint density at radius 2 is 2.21 bits per heavy atom. The fourth-order valence-electron chi connectivity index (χ4n) is 2.61. The van der Waals surface area contributed by atoms with Gasteiger partial charge in [-0.2, -0.15) is 0 Å². The molecular formula is C14H19BrN2O2. The highest BCUT2D eigenvalue weighted by molar-refractivity contribution is 9.10. The van der Waals surface area contributed by atoms with Crippen LogP contribution in [0.3, 0.4) is 0 Å². The number of para-hydroxylation sites is 1. The number of esters is 1. The molecular weight excluding hydrogens is 308 g/mol. The Morgan fingerprint density at radius 1 is 1.53 bits per heavy atom. The fourth-order valence-corrected chi connectivity index (χ4v) is 3.00. The van der Waals surface area contributed by atoms with Crippen LogP contribution < -0.4 is 5.32 Å². The summed E-state index contributed by atoms with van der Waals surface area (Å²) in [4.78, 5) is 14.4. The highest BCUT2D eigenvalue weighted by Crippen LogP contribution is 2.33. The van der Waals surface area contributed by atoms with E-state index >= 15 is 0 Å². The molecule has 0 aliphatic carbocycles. The van der Waals surface area contributed by atoms with E-state index in [2.05, 4.69) is 33.1 Å². The van der Waals surface area contributed by atoms with Gasteiger partial charge in [-0.05, 0) is 48.5 Å². The molecule has 1 saturated heterocycles. The number of carbonyl (C=O) groups is 1. The molecule has 5 heteroatoms. The lowest BCUT2D eigenvalue weighted by atomic mass is 9.95. The number of benzene rings is 1. The number of halogens is 1. The Kier molecular flexibility index (Phi) is 4.16. The summed E-state index contributed by atoms with van der Waals surface area (Å²) in [7, 11) is 3.46. The van der Waals surface area contributed by atoms with Gasteiger partial charge in [-0.25, -0.2) is 4.79 Å². The number of anilines is 1. The molecule has 104 valence electrons. The van der Waals surface area contributed by atoms with Crippen LogP contribution in [0, 0.1) is 0 Å². The van der Waals surface area contributed by atoms with Crippen molar-refractivity contribution in [3.8, 4) is 0 Å². The maximum Gasteiger partial charge on any atom is 0.332 e. The number of nitrogens with zero attached hydrogens (tertiary/aromatic N) is 1. The normalized spacial score (nSPS) is 27.3. The summed E-state index contributed by atoms with van der Waals surface area (Å²) in [5.74, 6) is -0.209.